The molecule has 0 bridgehead atoms. The molecule has 2 heterocycles. The van der Waals surface area contributed by atoms with Crippen LogP contribution in [-0.2, 0) is 4.74 Å². The largest absolute Gasteiger partial charge is 0.453 e. The molecule has 3 aromatic rings. The number of rotatable bonds is 4. The second-order valence-corrected chi connectivity index (χ2v) is 5.69. The molecule has 3 rings (SSSR count). The van der Waals surface area contributed by atoms with Gasteiger partial charge < -0.3 is 9.72 Å². The molecular formula is C16H13NO3S. The van der Waals surface area contributed by atoms with Crippen molar-refractivity contribution >= 4 is 33.2 Å². The topological polar surface area (TPSA) is 59.2 Å². The van der Waals surface area contributed by atoms with Gasteiger partial charge in [0.1, 0.15) is 5.69 Å². The Morgan fingerprint density at radius 2 is 2.00 bits per heavy atom. The van der Waals surface area contributed by atoms with Crippen molar-refractivity contribution in [2.45, 2.75) is 6.92 Å². The van der Waals surface area contributed by atoms with Gasteiger partial charge in [0.05, 0.1) is 4.88 Å². The van der Waals surface area contributed by atoms with Crippen LogP contribution in [0.2, 0.25) is 0 Å². The predicted molar refractivity (Wildman–Crippen MR) is 82.0 cm³/mol. The van der Waals surface area contributed by atoms with Crippen molar-refractivity contribution in [2.75, 3.05) is 6.61 Å². The molecule has 21 heavy (non-hydrogen) atoms. The van der Waals surface area contributed by atoms with Gasteiger partial charge in [-0.2, -0.15) is 0 Å². The Bertz CT molecular complexity index is 802. The highest BCUT2D eigenvalue weighted by Crippen LogP contribution is 2.30. The van der Waals surface area contributed by atoms with E-state index in [1.807, 2.05) is 31.2 Å². The molecule has 0 spiro atoms. The van der Waals surface area contributed by atoms with Crippen LogP contribution in [0, 0.1) is 6.92 Å². The molecule has 0 saturated carbocycles. The van der Waals surface area contributed by atoms with Crippen LogP contribution in [0.1, 0.15) is 25.7 Å². The van der Waals surface area contributed by atoms with Crippen LogP contribution in [-0.4, -0.2) is 23.3 Å². The number of ketones is 1. The number of aryl methyl sites for hydroxylation is 1. The first-order chi connectivity index (χ1) is 10.2. The zero-order valence-electron chi connectivity index (χ0n) is 11.4. The van der Waals surface area contributed by atoms with Crippen molar-refractivity contribution < 1.29 is 14.3 Å². The molecule has 0 aliphatic heterocycles. The lowest BCUT2D eigenvalue weighted by molar-refractivity contribution is 0.0470. The number of benzene rings is 1. The molecule has 4 nitrogen and oxygen atoms in total. The van der Waals surface area contributed by atoms with Gasteiger partial charge in [-0.05, 0) is 36.1 Å². The number of carbonyl (C=O) groups is 2. The molecule has 0 atom stereocenters. The summed E-state index contributed by atoms with van der Waals surface area (Å²) in [5.74, 6) is -0.694. The number of ether oxygens (including phenoxy) is 1. The van der Waals surface area contributed by atoms with Crippen molar-refractivity contribution in [3.8, 4) is 0 Å². The number of carbonyl (C=O) groups excluding carboxylic acids is 2. The number of aromatic amines is 1. The van der Waals surface area contributed by atoms with Gasteiger partial charge in [-0.25, -0.2) is 4.79 Å². The van der Waals surface area contributed by atoms with E-state index in [4.69, 9.17) is 4.74 Å². The van der Waals surface area contributed by atoms with Gasteiger partial charge >= 0.3 is 5.97 Å². The second kappa shape index (κ2) is 5.54. The summed E-state index contributed by atoms with van der Waals surface area (Å²) in [5.41, 5.74) is 1.28. The number of aromatic nitrogens is 1. The van der Waals surface area contributed by atoms with Crippen LogP contribution in [0.25, 0.3) is 10.1 Å². The maximum absolute atomic E-state index is 12.2. The molecule has 1 aromatic carbocycles. The van der Waals surface area contributed by atoms with Gasteiger partial charge in [0.25, 0.3) is 0 Å². The average Bonchev–Trinajstić information content (AvgIpc) is 3.13. The molecule has 0 fully saturated rings. The summed E-state index contributed by atoms with van der Waals surface area (Å²) in [6.45, 7) is 1.67. The van der Waals surface area contributed by atoms with Gasteiger partial charge in [-0.1, -0.05) is 18.2 Å². The quantitative estimate of drug-likeness (QED) is 0.591. The molecule has 5 heteroatoms. The van der Waals surface area contributed by atoms with E-state index in [0.717, 1.165) is 15.6 Å². The first-order valence-corrected chi connectivity index (χ1v) is 7.30. The number of esters is 1. The maximum Gasteiger partial charge on any atom is 0.355 e. The van der Waals surface area contributed by atoms with E-state index in [1.54, 1.807) is 18.3 Å². The Morgan fingerprint density at radius 3 is 2.71 bits per heavy atom. The summed E-state index contributed by atoms with van der Waals surface area (Å²) >= 11 is 1.43. The summed E-state index contributed by atoms with van der Waals surface area (Å²) in [7, 11) is 0. The van der Waals surface area contributed by atoms with Gasteiger partial charge in [-0.3, -0.25) is 4.79 Å². The highest BCUT2D eigenvalue weighted by Gasteiger charge is 2.17. The summed E-state index contributed by atoms with van der Waals surface area (Å²) in [5, 5.41) is 1.07. The molecule has 2 aromatic heterocycles. The Hall–Kier alpha value is -2.40. The van der Waals surface area contributed by atoms with Crippen LogP contribution in [0.5, 0.6) is 0 Å². The Balaban J connectivity index is 1.75. The third kappa shape index (κ3) is 2.60. The lowest BCUT2D eigenvalue weighted by Crippen LogP contribution is -2.14. The van der Waals surface area contributed by atoms with Gasteiger partial charge in [0, 0.05) is 10.9 Å². The molecule has 0 amide bonds. The average molecular weight is 299 g/mol. The molecule has 0 aliphatic rings. The molecule has 1 N–H and O–H groups in total. The first kappa shape index (κ1) is 13.6. The summed E-state index contributed by atoms with van der Waals surface area (Å²) in [6, 6.07) is 11.2. The predicted octanol–water partition coefficient (Wildman–Crippen LogP) is 3.58. The van der Waals surface area contributed by atoms with Crippen molar-refractivity contribution in [3.63, 3.8) is 0 Å². The molecule has 0 radical (unpaired) electrons. The van der Waals surface area contributed by atoms with E-state index >= 15 is 0 Å². The number of thiophene rings is 1. The van der Waals surface area contributed by atoms with Crippen LogP contribution >= 0.6 is 11.3 Å². The zero-order valence-corrected chi connectivity index (χ0v) is 12.2. The number of nitrogens with one attached hydrogen (secondary N) is 1. The van der Waals surface area contributed by atoms with E-state index in [9.17, 15) is 9.59 Å². The monoisotopic (exact) mass is 299 g/mol. The van der Waals surface area contributed by atoms with Crippen molar-refractivity contribution in [3.05, 3.63) is 58.7 Å². The smallest absolute Gasteiger partial charge is 0.355 e. The Kier molecular flexibility index (Phi) is 3.58. The molecular weight excluding hydrogens is 286 g/mol. The molecule has 106 valence electrons. The van der Waals surface area contributed by atoms with Gasteiger partial charge in [-0.15, -0.1) is 11.3 Å². The maximum atomic E-state index is 12.2. The normalized spacial score (nSPS) is 10.7. The fraction of sp³-hybridized carbons (Fsp3) is 0.125. The highest BCUT2D eigenvalue weighted by atomic mass is 32.1. The standard InChI is InChI=1S/C16H13NO3S/c1-10-11-5-2-3-7-14(11)21-15(10)13(18)9-20-16(19)12-6-4-8-17-12/h2-8,17H,9H2,1H3. The van der Waals surface area contributed by atoms with Gasteiger partial charge in [0.2, 0.25) is 5.78 Å². The molecule has 0 aliphatic carbocycles. The number of hydrogen-bond acceptors (Lipinski definition) is 4. The van der Waals surface area contributed by atoms with Crippen molar-refractivity contribution in [2.24, 2.45) is 0 Å². The number of hydrogen-bond donors (Lipinski definition) is 1. The van der Waals surface area contributed by atoms with Crippen LogP contribution in [0.15, 0.2) is 42.6 Å². The van der Waals surface area contributed by atoms with E-state index in [-0.39, 0.29) is 12.4 Å². The summed E-state index contributed by atoms with van der Waals surface area (Å²) in [6.07, 6.45) is 1.63. The lowest BCUT2D eigenvalue weighted by Gasteiger charge is -2.02. The first-order valence-electron chi connectivity index (χ1n) is 6.48. The molecule has 0 unspecified atom stereocenters. The third-order valence-electron chi connectivity index (χ3n) is 3.25. The lowest BCUT2D eigenvalue weighted by atomic mass is 10.1. The Labute approximate surface area is 125 Å². The number of Topliss-reactive ketones (excluding diaryl/α,β-unsaturated/α-hetero) is 1. The minimum atomic E-state index is -0.521. The highest BCUT2D eigenvalue weighted by molar-refractivity contribution is 7.21. The zero-order chi connectivity index (χ0) is 14.8. The summed E-state index contributed by atoms with van der Waals surface area (Å²) in [4.78, 5) is 27.3. The minimum absolute atomic E-state index is 0.173. The van der Waals surface area contributed by atoms with Crippen LogP contribution < -0.4 is 0 Å². The Morgan fingerprint density at radius 1 is 1.19 bits per heavy atom. The SMILES string of the molecule is Cc1c(C(=O)COC(=O)c2ccc[nH]2)sc2ccccc12. The summed E-state index contributed by atoms with van der Waals surface area (Å²) < 4.78 is 6.10. The van der Waals surface area contributed by atoms with Crippen molar-refractivity contribution in [1.29, 1.82) is 0 Å². The van der Waals surface area contributed by atoms with Crippen LogP contribution in [0.3, 0.4) is 0 Å². The van der Waals surface area contributed by atoms with E-state index in [1.165, 1.54) is 11.3 Å². The second-order valence-electron chi connectivity index (χ2n) is 4.64. The minimum Gasteiger partial charge on any atom is -0.453 e. The number of fused-ring (bicyclic) bond motifs is 1. The van der Waals surface area contributed by atoms with Crippen molar-refractivity contribution in [1.82, 2.24) is 4.98 Å². The molecule has 0 saturated heterocycles. The third-order valence-corrected chi connectivity index (χ3v) is 4.56. The van der Waals surface area contributed by atoms with E-state index in [0.29, 0.717) is 10.6 Å². The van der Waals surface area contributed by atoms with Crippen LogP contribution in [0.4, 0.5) is 0 Å². The fourth-order valence-corrected chi connectivity index (χ4v) is 3.31. The fourth-order valence-electron chi connectivity index (χ4n) is 2.17. The van der Waals surface area contributed by atoms with E-state index in [2.05, 4.69) is 4.98 Å². The van der Waals surface area contributed by atoms with Gasteiger partial charge in [0.15, 0.2) is 6.61 Å². The van der Waals surface area contributed by atoms with E-state index < -0.39 is 5.97 Å². The number of H-pyrrole nitrogens is 1.